The number of piperazine rings is 1. The third-order valence-electron chi connectivity index (χ3n) is 4.38. The van der Waals surface area contributed by atoms with Gasteiger partial charge in [-0.15, -0.1) is 0 Å². The minimum absolute atomic E-state index is 0.0204. The second-order valence-electron chi connectivity index (χ2n) is 6.16. The maximum absolute atomic E-state index is 12.7. The van der Waals surface area contributed by atoms with Crippen molar-refractivity contribution in [3.63, 3.8) is 0 Å². The van der Waals surface area contributed by atoms with Crippen molar-refractivity contribution in [1.29, 1.82) is 0 Å². The molecule has 0 N–H and O–H groups in total. The number of hydrogen-bond acceptors (Lipinski definition) is 7. The number of aromatic nitrogens is 2. The van der Waals surface area contributed by atoms with Gasteiger partial charge in [0.05, 0.1) is 6.54 Å². The molecule has 2 aliphatic heterocycles. The minimum atomic E-state index is 0.0204. The van der Waals surface area contributed by atoms with Crippen LogP contribution in [-0.4, -0.2) is 65.2 Å². The molecular formula is C17H20N4O4. The predicted octanol–water partition coefficient (Wildman–Crippen LogP) is 1.11. The quantitative estimate of drug-likeness (QED) is 0.825. The van der Waals surface area contributed by atoms with Gasteiger partial charge in [-0.1, -0.05) is 5.16 Å². The molecule has 4 rings (SSSR count). The van der Waals surface area contributed by atoms with E-state index >= 15 is 0 Å². The molecule has 0 unspecified atom stereocenters. The van der Waals surface area contributed by atoms with E-state index in [1.54, 1.807) is 25.1 Å². The van der Waals surface area contributed by atoms with Crippen LogP contribution in [0.3, 0.4) is 0 Å². The van der Waals surface area contributed by atoms with E-state index in [1.165, 1.54) is 0 Å². The summed E-state index contributed by atoms with van der Waals surface area (Å²) in [5, 5.41) is 3.92. The minimum Gasteiger partial charge on any atom is -0.486 e. The lowest BCUT2D eigenvalue weighted by Gasteiger charge is -2.34. The van der Waals surface area contributed by atoms with Crippen LogP contribution in [0.25, 0.3) is 0 Å². The maximum Gasteiger partial charge on any atom is 0.254 e. The molecule has 0 radical (unpaired) electrons. The fourth-order valence-electron chi connectivity index (χ4n) is 3.07. The number of carbonyl (C=O) groups excluding carboxylic acids is 1. The summed E-state index contributed by atoms with van der Waals surface area (Å²) in [4.78, 5) is 21.0. The number of fused-ring (bicyclic) bond motifs is 1. The summed E-state index contributed by atoms with van der Waals surface area (Å²) < 4.78 is 16.1. The van der Waals surface area contributed by atoms with Crippen LogP contribution < -0.4 is 9.47 Å². The molecule has 1 fully saturated rings. The molecule has 132 valence electrons. The summed E-state index contributed by atoms with van der Waals surface area (Å²) in [6.07, 6.45) is 0. The van der Waals surface area contributed by atoms with Gasteiger partial charge in [-0.2, -0.15) is 4.98 Å². The van der Waals surface area contributed by atoms with E-state index in [2.05, 4.69) is 15.0 Å². The van der Waals surface area contributed by atoms with Crippen LogP contribution in [0.2, 0.25) is 0 Å². The van der Waals surface area contributed by atoms with Gasteiger partial charge in [0.1, 0.15) is 13.2 Å². The number of benzene rings is 1. The van der Waals surface area contributed by atoms with Crippen LogP contribution in [0.5, 0.6) is 11.5 Å². The molecule has 8 nitrogen and oxygen atoms in total. The highest BCUT2D eigenvalue weighted by molar-refractivity contribution is 5.95. The fourth-order valence-corrected chi connectivity index (χ4v) is 3.07. The van der Waals surface area contributed by atoms with Crippen LogP contribution >= 0.6 is 0 Å². The van der Waals surface area contributed by atoms with Crippen molar-refractivity contribution in [3.05, 3.63) is 35.5 Å². The summed E-state index contributed by atoms with van der Waals surface area (Å²) in [6.45, 7) is 6.38. The normalized spacial score (nSPS) is 17.6. The number of carbonyl (C=O) groups is 1. The lowest BCUT2D eigenvalue weighted by Crippen LogP contribution is -2.48. The zero-order valence-corrected chi connectivity index (χ0v) is 14.1. The van der Waals surface area contributed by atoms with Gasteiger partial charge in [0.25, 0.3) is 5.91 Å². The first-order chi connectivity index (χ1) is 12.2. The zero-order valence-electron chi connectivity index (χ0n) is 14.1. The Hall–Kier alpha value is -2.61. The van der Waals surface area contributed by atoms with E-state index in [9.17, 15) is 4.79 Å². The second kappa shape index (κ2) is 6.72. The first-order valence-electron chi connectivity index (χ1n) is 8.39. The van der Waals surface area contributed by atoms with Gasteiger partial charge < -0.3 is 18.9 Å². The lowest BCUT2D eigenvalue weighted by molar-refractivity contribution is 0.0623. The van der Waals surface area contributed by atoms with E-state index in [-0.39, 0.29) is 5.91 Å². The van der Waals surface area contributed by atoms with Gasteiger partial charge in [-0.3, -0.25) is 9.69 Å². The predicted molar refractivity (Wildman–Crippen MR) is 87.6 cm³/mol. The molecule has 1 aromatic heterocycles. The fraction of sp³-hybridized carbons (Fsp3) is 0.471. The highest BCUT2D eigenvalue weighted by Crippen LogP contribution is 2.31. The van der Waals surface area contributed by atoms with Crippen molar-refractivity contribution < 1.29 is 18.8 Å². The van der Waals surface area contributed by atoms with Crippen LogP contribution in [-0.2, 0) is 6.54 Å². The van der Waals surface area contributed by atoms with E-state index in [4.69, 9.17) is 14.0 Å². The van der Waals surface area contributed by atoms with Crippen molar-refractivity contribution >= 4 is 5.91 Å². The first kappa shape index (κ1) is 15.9. The molecule has 2 aliphatic rings. The highest BCUT2D eigenvalue weighted by atomic mass is 16.6. The largest absolute Gasteiger partial charge is 0.486 e. The van der Waals surface area contributed by atoms with Gasteiger partial charge in [0, 0.05) is 38.7 Å². The SMILES string of the molecule is Cc1nc(CN2CCN(C(=O)c3ccc4c(c3)OCCO4)CC2)no1. The molecule has 0 aliphatic carbocycles. The molecule has 1 amide bonds. The summed E-state index contributed by atoms with van der Waals surface area (Å²) in [6, 6.07) is 5.37. The van der Waals surface area contributed by atoms with E-state index in [0.717, 1.165) is 13.1 Å². The van der Waals surface area contributed by atoms with Crippen molar-refractivity contribution in [2.45, 2.75) is 13.5 Å². The monoisotopic (exact) mass is 344 g/mol. The van der Waals surface area contributed by atoms with Crippen molar-refractivity contribution in [1.82, 2.24) is 19.9 Å². The number of nitrogens with zero attached hydrogens (tertiary/aromatic N) is 4. The molecule has 1 saturated heterocycles. The molecule has 0 saturated carbocycles. The molecular weight excluding hydrogens is 324 g/mol. The number of rotatable bonds is 3. The van der Waals surface area contributed by atoms with Crippen molar-refractivity contribution in [2.24, 2.45) is 0 Å². The lowest BCUT2D eigenvalue weighted by atomic mass is 10.1. The smallest absolute Gasteiger partial charge is 0.254 e. The van der Waals surface area contributed by atoms with Gasteiger partial charge in [0.15, 0.2) is 17.3 Å². The molecule has 8 heteroatoms. The third kappa shape index (κ3) is 3.43. The number of hydrogen-bond donors (Lipinski definition) is 0. The number of amides is 1. The van der Waals surface area contributed by atoms with Gasteiger partial charge >= 0.3 is 0 Å². The Labute approximate surface area is 145 Å². The Balaban J connectivity index is 1.36. The van der Waals surface area contributed by atoms with Gasteiger partial charge in [0.2, 0.25) is 5.89 Å². The summed E-state index contributed by atoms with van der Waals surface area (Å²) in [7, 11) is 0. The molecule has 0 spiro atoms. The molecule has 0 bridgehead atoms. The average molecular weight is 344 g/mol. The van der Waals surface area contributed by atoms with Crippen molar-refractivity contribution in [3.8, 4) is 11.5 Å². The Kier molecular flexibility index (Phi) is 4.27. The van der Waals surface area contributed by atoms with Gasteiger partial charge in [-0.25, -0.2) is 0 Å². The molecule has 3 heterocycles. The van der Waals surface area contributed by atoms with E-state index in [0.29, 0.717) is 61.6 Å². The van der Waals surface area contributed by atoms with E-state index < -0.39 is 0 Å². The topological polar surface area (TPSA) is 80.9 Å². The van der Waals surface area contributed by atoms with Crippen LogP contribution in [0.15, 0.2) is 22.7 Å². The maximum atomic E-state index is 12.7. The standard InChI is InChI=1S/C17H20N4O4/c1-12-18-16(19-25-12)11-20-4-6-21(7-5-20)17(22)13-2-3-14-15(10-13)24-9-8-23-14/h2-3,10H,4-9,11H2,1H3. The Bertz CT molecular complexity index is 768. The Morgan fingerprint density at radius 2 is 1.88 bits per heavy atom. The molecule has 0 atom stereocenters. The Morgan fingerprint density at radius 3 is 2.60 bits per heavy atom. The Morgan fingerprint density at radius 1 is 1.12 bits per heavy atom. The van der Waals surface area contributed by atoms with Gasteiger partial charge in [-0.05, 0) is 18.2 Å². The number of ether oxygens (including phenoxy) is 2. The van der Waals surface area contributed by atoms with Crippen molar-refractivity contribution in [2.75, 3.05) is 39.4 Å². The highest BCUT2D eigenvalue weighted by Gasteiger charge is 2.24. The number of aryl methyl sites for hydroxylation is 1. The molecule has 25 heavy (non-hydrogen) atoms. The average Bonchev–Trinajstić information content (AvgIpc) is 3.06. The molecule has 1 aromatic carbocycles. The summed E-state index contributed by atoms with van der Waals surface area (Å²) in [5.41, 5.74) is 0.631. The van der Waals surface area contributed by atoms with E-state index in [1.807, 2.05) is 4.90 Å². The zero-order chi connectivity index (χ0) is 17.2. The summed E-state index contributed by atoms with van der Waals surface area (Å²) >= 11 is 0. The summed E-state index contributed by atoms with van der Waals surface area (Å²) in [5.74, 6) is 2.62. The third-order valence-corrected chi connectivity index (χ3v) is 4.38. The van der Waals surface area contributed by atoms with Crippen LogP contribution in [0, 0.1) is 6.92 Å². The first-order valence-corrected chi connectivity index (χ1v) is 8.39. The van der Waals surface area contributed by atoms with Crippen LogP contribution in [0.1, 0.15) is 22.1 Å². The second-order valence-corrected chi connectivity index (χ2v) is 6.16. The molecule has 2 aromatic rings. The van der Waals surface area contributed by atoms with Crippen LogP contribution in [0.4, 0.5) is 0 Å².